The van der Waals surface area contributed by atoms with Crippen molar-refractivity contribution in [2.24, 2.45) is 0 Å². The van der Waals surface area contributed by atoms with Gasteiger partial charge in [-0.2, -0.15) is 0 Å². The maximum Gasteiger partial charge on any atom is 0.255 e. The van der Waals surface area contributed by atoms with E-state index in [1.165, 1.54) is 6.20 Å². The first-order chi connectivity index (χ1) is 3.77. The molecule has 0 aromatic heterocycles. The monoisotopic (exact) mass is 121 g/mol. The summed E-state index contributed by atoms with van der Waals surface area (Å²) in [6.45, 7) is 1.50. The van der Waals surface area contributed by atoms with Crippen molar-refractivity contribution in [2.45, 2.75) is 13.3 Å². The SMILES string of the molecule is CC=CNCC(F)F. The van der Waals surface area contributed by atoms with Crippen LogP contribution in [0, 0.1) is 0 Å². The van der Waals surface area contributed by atoms with Crippen LogP contribution in [0.25, 0.3) is 0 Å². The van der Waals surface area contributed by atoms with Crippen molar-refractivity contribution in [2.75, 3.05) is 6.54 Å². The van der Waals surface area contributed by atoms with E-state index < -0.39 is 6.43 Å². The minimum Gasteiger partial charge on any atom is -0.385 e. The number of hydrogen-bond acceptors (Lipinski definition) is 1. The van der Waals surface area contributed by atoms with Crippen molar-refractivity contribution in [3.63, 3.8) is 0 Å². The van der Waals surface area contributed by atoms with E-state index in [0.29, 0.717) is 0 Å². The van der Waals surface area contributed by atoms with Gasteiger partial charge in [-0.1, -0.05) is 6.08 Å². The van der Waals surface area contributed by atoms with E-state index in [1.807, 2.05) is 0 Å². The molecule has 1 nitrogen and oxygen atoms in total. The van der Waals surface area contributed by atoms with Crippen LogP contribution >= 0.6 is 0 Å². The first-order valence-corrected chi connectivity index (χ1v) is 2.40. The molecular formula is C5H9F2N. The number of halogens is 2. The lowest BCUT2D eigenvalue weighted by Gasteiger charge is -1.95. The lowest BCUT2D eigenvalue weighted by atomic mass is 10.6. The summed E-state index contributed by atoms with van der Waals surface area (Å²) in [4.78, 5) is 0. The van der Waals surface area contributed by atoms with E-state index >= 15 is 0 Å². The van der Waals surface area contributed by atoms with Crippen LogP contribution in [-0.4, -0.2) is 13.0 Å². The molecule has 48 valence electrons. The van der Waals surface area contributed by atoms with Crippen molar-refractivity contribution in [3.05, 3.63) is 12.3 Å². The lowest BCUT2D eigenvalue weighted by Crippen LogP contribution is -2.14. The molecule has 0 bridgehead atoms. The van der Waals surface area contributed by atoms with Crippen LogP contribution in [0.5, 0.6) is 0 Å². The molecule has 0 aliphatic carbocycles. The second-order valence-corrected chi connectivity index (χ2v) is 1.30. The molecule has 0 atom stereocenters. The largest absolute Gasteiger partial charge is 0.385 e. The topological polar surface area (TPSA) is 12.0 Å². The Bertz CT molecular complexity index is 70.8. The normalized spacial score (nSPS) is 11.0. The first-order valence-electron chi connectivity index (χ1n) is 2.40. The number of hydrogen-bond donors (Lipinski definition) is 1. The molecule has 0 spiro atoms. The highest BCUT2D eigenvalue weighted by Crippen LogP contribution is 1.86. The molecule has 0 amide bonds. The summed E-state index contributed by atoms with van der Waals surface area (Å²) in [5.41, 5.74) is 0. The average Bonchev–Trinajstić information content (AvgIpc) is 1.66. The van der Waals surface area contributed by atoms with Gasteiger partial charge in [-0.05, 0) is 13.1 Å². The Balaban J connectivity index is 2.93. The number of rotatable bonds is 3. The molecule has 0 rings (SSSR count). The van der Waals surface area contributed by atoms with Crippen LogP contribution in [0.3, 0.4) is 0 Å². The summed E-state index contributed by atoms with van der Waals surface area (Å²) >= 11 is 0. The molecule has 0 aromatic carbocycles. The van der Waals surface area contributed by atoms with Crippen LogP contribution in [0.4, 0.5) is 8.78 Å². The van der Waals surface area contributed by atoms with Crippen LogP contribution in [0.15, 0.2) is 12.3 Å². The smallest absolute Gasteiger partial charge is 0.255 e. The minimum absolute atomic E-state index is 0.260. The van der Waals surface area contributed by atoms with Gasteiger partial charge in [0.05, 0.1) is 6.54 Å². The lowest BCUT2D eigenvalue weighted by molar-refractivity contribution is 0.150. The second-order valence-electron chi connectivity index (χ2n) is 1.30. The Morgan fingerprint density at radius 1 is 1.62 bits per heavy atom. The third-order valence-electron chi connectivity index (χ3n) is 0.557. The molecule has 3 heteroatoms. The molecule has 0 heterocycles. The third kappa shape index (κ3) is 5.40. The van der Waals surface area contributed by atoms with Gasteiger partial charge in [0.2, 0.25) is 0 Å². The van der Waals surface area contributed by atoms with E-state index in [0.717, 1.165) is 0 Å². The van der Waals surface area contributed by atoms with E-state index in [1.54, 1.807) is 13.0 Å². The van der Waals surface area contributed by atoms with Crippen LogP contribution in [0.2, 0.25) is 0 Å². The van der Waals surface area contributed by atoms with Gasteiger partial charge in [-0.3, -0.25) is 0 Å². The van der Waals surface area contributed by atoms with Gasteiger partial charge < -0.3 is 5.32 Å². The molecule has 0 aromatic rings. The van der Waals surface area contributed by atoms with Gasteiger partial charge in [-0.15, -0.1) is 0 Å². The molecular weight excluding hydrogens is 112 g/mol. The molecule has 8 heavy (non-hydrogen) atoms. The van der Waals surface area contributed by atoms with Gasteiger partial charge in [0, 0.05) is 0 Å². The predicted octanol–water partition coefficient (Wildman–Crippen LogP) is 1.37. The first kappa shape index (κ1) is 7.40. The predicted molar refractivity (Wildman–Crippen MR) is 28.8 cm³/mol. The molecule has 0 unspecified atom stereocenters. The fraction of sp³-hybridized carbons (Fsp3) is 0.600. The molecule has 0 saturated carbocycles. The zero-order chi connectivity index (χ0) is 6.41. The van der Waals surface area contributed by atoms with Gasteiger partial charge in [0.15, 0.2) is 0 Å². The molecule has 0 aliphatic rings. The number of alkyl halides is 2. The van der Waals surface area contributed by atoms with Crippen molar-refractivity contribution in [1.29, 1.82) is 0 Å². The summed E-state index contributed by atoms with van der Waals surface area (Å²) in [5.74, 6) is 0. The summed E-state index contributed by atoms with van der Waals surface area (Å²) in [6, 6.07) is 0. The average molecular weight is 121 g/mol. The summed E-state index contributed by atoms with van der Waals surface area (Å²) < 4.78 is 22.5. The van der Waals surface area contributed by atoms with Crippen LogP contribution < -0.4 is 5.32 Å². The Hall–Kier alpha value is -0.600. The maximum absolute atomic E-state index is 11.3. The summed E-state index contributed by atoms with van der Waals surface area (Å²) in [5, 5.41) is 2.40. The Kier molecular flexibility index (Phi) is 4.21. The Morgan fingerprint density at radius 2 is 2.25 bits per heavy atom. The summed E-state index contributed by atoms with van der Waals surface area (Å²) in [6.07, 6.45) is 0.903. The van der Waals surface area contributed by atoms with E-state index in [9.17, 15) is 8.78 Å². The standard InChI is InChI=1S/C5H9F2N/c1-2-3-8-4-5(6)7/h2-3,5,8H,4H2,1H3. The number of nitrogens with one attached hydrogen (secondary N) is 1. The van der Waals surface area contributed by atoms with Gasteiger partial charge in [0.1, 0.15) is 0 Å². The highest BCUT2D eigenvalue weighted by Gasteiger charge is 1.95. The van der Waals surface area contributed by atoms with E-state index in [-0.39, 0.29) is 6.54 Å². The molecule has 1 N–H and O–H groups in total. The van der Waals surface area contributed by atoms with Crippen molar-refractivity contribution in [3.8, 4) is 0 Å². The quantitative estimate of drug-likeness (QED) is 0.594. The van der Waals surface area contributed by atoms with E-state index in [2.05, 4.69) is 5.32 Å². The zero-order valence-corrected chi connectivity index (χ0v) is 4.70. The van der Waals surface area contributed by atoms with Gasteiger partial charge in [-0.25, -0.2) is 8.78 Å². The fourth-order valence-electron chi connectivity index (χ4n) is 0.275. The van der Waals surface area contributed by atoms with Crippen molar-refractivity contribution < 1.29 is 8.78 Å². The Labute approximate surface area is 47.4 Å². The maximum atomic E-state index is 11.3. The highest BCUT2D eigenvalue weighted by molar-refractivity contribution is 4.73. The molecule has 0 fully saturated rings. The highest BCUT2D eigenvalue weighted by atomic mass is 19.3. The second kappa shape index (κ2) is 4.56. The third-order valence-corrected chi connectivity index (χ3v) is 0.557. The van der Waals surface area contributed by atoms with E-state index in [4.69, 9.17) is 0 Å². The minimum atomic E-state index is -2.26. The molecule has 0 aliphatic heterocycles. The zero-order valence-electron chi connectivity index (χ0n) is 4.70. The van der Waals surface area contributed by atoms with Crippen LogP contribution in [0.1, 0.15) is 6.92 Å². The van der Waals surface area contributed by atoms with Gasteiger partial charge >= 0.3 is 0 Å². The number of allylic oxidation sites excluding steroid dienone is 1. The van der Waals surface area contributed by atoms with Crippen molar-refractivity contribution in [1.82, 2.24) is 5.32 Å². The van der Waals surface area contributed by atoms with Crippen LogP contribution in [-0.2, 0) is 0 Å². The summed E-state index contributed by atoms with van der Waals surface area (Å²) in [7, 11) is 0. The fourth-order valence-corrected chi connectivity index (χ4v) is 0.275. The molecule has 0 saturated heterocycles. The van der Waals surface area contributed by atoms with Gasteiger partial charge in [0.25, 0.3) is 6.43 Å². The van der Waals surface area contributed by atoms with Crippen molar-refractivity contribution >= 4 is 0 Å². The Morgan fingerprint density at radius 3 is 2.62 bits per heavy atom. The molecule has 0 radical (unpaired) electrons.